The van der Waals surface area contributed by atoms with Gasteiger partial charge in [-0.25, -0.2) is 18.4 Å². The Hall–Kier alpha value is -4.08. The van der Waals surface area contributed by atoms with Gasteiger partial charge in [-0.05, 0) is 18.2 Å². The number of ether oxygens (including phenoxy) is 1. The molecule has 0 fully saturated rings. The normalized spacial score (nSPS) is 10.9. The minimum atomic E-state index is -0.546. The van der Waals surface area contributed by atoms with Crippen LogP contribution in [0.3, 0.4) is 0 Å². The van der Waals surface area contributed by atoms with Crippen molar-refractivity contribution in [2.45, 2.75) is 13.1 Å². The standard InChI is InChI=1S/C22H19F2N5O3/c23-17-6-2-1-5-15(17)12-28-14-26-21-16(22(28)31)11-27-29(21)10-9-25-20(30)13-32-19-8-4-3-7-18(19)24/h1-8,11,14H,9-10,12-13H2,(H,25,30). The van der Waals surface area contributed by atoms with Crippen molar-refractivity contribution in [3.05, 3.63) is 88.6 Å². The molecular formula is C22H19F2N5O3. The first-order valence-corrected chi connectivity index (χ1v) is 9.81. The van der Waals surface area contributed by atoms with Crippen LogP contribution in [0.4, 0.5) is 8.78 Å². The Bertz CT molecular complexity index is 1320. The molecule has 1 amide bonds. The number of amides is 1. The van der Waals surface area contributed by atoms with E-state index in [0.717, 1.165) is 0 Å². The third-order valence-corrected chi connectivity index (χ3v) is 4.76. The SMILES string of the molecule is O=C(COc1ccccc1F)NCCn1ncc2c(=O)n(Cc3ccccc3F)cnc21. The summed E-state index contributed by atoms with van der Waals surface area (Å²) in [6, 6.07) is 12.0. The van der Waals surface area contributed by atoms with Gasteiger partial charge in [-0.3, -0.25) is 14.2 Å². The van der Waals surface area contributed by atoms with E-state index in [9.17, 15) is 18.4 Å². The summed E-state index contributed by atoms with van der Waals surface area (Å²) >= 11 is 0. The average Bonchev–Trinajstić information content (AvgIpc) is 3.20. The molecule has 164 valence electrons. The smallest absolute Gasteiger partial charge is 0.264 e. The highest BCUT2D eigenvalue weighted by Crippen LogP contribution is 2.15. The van der Waals surface area contributed by atoms with Crippen LogP contribution in [-0.4, -0.2) is 38.4 Å². The lowest BCUT2D eigenvalue weighted by Crippen LogP contribution is -2.32. The summed E-state index contributed by atoms with van der Waals surface area (Å²) in [5, 5.41) is 7.09. The van der Waals surface area contributed by atoms with Crippen LogP contribution in [-0.2, 0) is 17.9 Å². The molecule has 0 saturated carbocycles. The summed E-state index contributed by atoms with van der Waals surface area (Å²) in [5.41, 5.74) is 0.395. The molecule has 4 rings (SSSR count). The maximum atomic E-state index is 13.9. The van der Waals surface area contributed by atoms with Crippen LogP contribution in [0.15, 0.2) is 65.8 Å². The Morgan fingerprint density at radius 2 is 1.81 bits per heavy atom. The Morgan fingerprint density at radius 3 is 2.59 bits per heavy atom. The summed E-state index contributed by atoms with van der Waals surface area (Å²) in [6.07, 6.45) is 2.74. The predicted octanol–water partition coefficient (Wildman–Crippen LogP) is 2.11. The molecule has 0 aliphatic rings. The molecule has 32 heavy (non-hydrogen) atoms. The summed E-state index contributed by atoms with van der Waals surface area (Å²) in [4.78, 5) is 28.9. The van der Waals surface area contributed by atoms with E-state index in [4.69, 9.17) is 4.74 Å². The van der Waals surface area contributed by atoms with Crippen LogP contribution in [0.1, 0.15) is 5.56 Å². The van der Waals surface area contributed by atoms with Gasteiger partial charge in [0.1, 0.15) is 17.5 Å². The summed E-state index contributed by atoms with van der Waals surface area (Å²) in [6.45, 7) is 0.187. The topological polar surface area (TPSA) is 91.0 Å². The van der Waals surface area contributed by atoms with Gasteiger partial charge < -0.3 is 10.1 Å². The van der Waals surface area contributed by atoms with Gasteiger partial charge >= 0.3 is 0 Å². The van der Waals surface area contributed by atoms with Gasteiger partial charge in [0.15, 0.2) is 23.8 Å². The number of nitrogens with zero attached hydrogens (tertiary/aromatic N) is 4. The van der Waals surface area contributed by atoms with Crippen molar-refractivity contribution in [2.24, 2.45) is 0 Å². The average molecular weight is 439 g/mol. The van der Waals surface area contributed by atoms with E-state index in [1.54, 1.807) is 24.3 Å². The van der Waals surface area contributed by atoms with Crippen molar-refractivity contribution in [3.63, 3.8) is 0 Å². The van der Waals surface area contributed by atoms with Crippen LogP contribution in [0.5, 0.6) is 5.75 Å². The van der Waals surface area contributed by atoms with Crippen LogP contribution in [0, 0.1) is 11.6 Å². The number of carbonyl (C=O) groups excluding carboxylic acids is 1. The summed E-state index contributed by atoms with van der Waals surface area (Å²) in [5.74, 6) is -1.37. The van der Waals surface area contributed by atoms with Gasteiger partial charge in [-0.1, -0.05) is 30.3 Å². The second-order valence-electron chi connectivity index (χ2n) is 6.94. The molecule has 1 N–H and O–H groups in total. The van der Waals surface area contributed by atoms with Gasteiger partial charge in [0.2, 0.25) is 0 Å². The van der Waals surface area contributed by atoms with Crippen molar-refractivity contribution in [1.82, 2.24) is 24.6 Å². The molecule has 0 aliphatic carbocycles. The largest absolute Gasteiger partial charge is 0.481 e. The van der Waals surface area contributed by atoms with E-state index in [1.807, 2.05) is 0 Å². The highest BCUT2D eigenvalue weighted by molar-refractivity contribution is 5.77. The molecule has 2 aromatic carbocycles. The molecular weight excluding hydrogens is 420 g/mol. The van der Waals surface area contributed by atoms with Crippen molar-refractivity contribution >= 4 is 16.9 Å². The second-order valence-corrected chi connectivity index (χ2v) is 6.94. The van der Waals surface area contributed by atoms with Gasteiger partial charge in [-0.2, -0.15) is 5.10 Å². The zero-order valence-electron chi connectivity index (χ0n) is 16.9. The number of carbonyl (C=O) groups is 1. The first-order chi connectivity index (χ1) is 15.5. The third-order valence-electron chi connectivity index (χ3n) is 4.76. The highest BCUT2D eigenvalue weighted by atomic mass is 19.1. The molecule has 0 atom stereocenters. The second kappa shape index (κ2) is 9.38. The fourth-order valence-electron chi connectivity index (χ4n) is 3.14. The molecule has 0 aliphatic heterocycles. The zero-order valence-corrected chi connectivity index (χ0v) is 16.9. The van der Waals surface area contributed by atoms with E-state index in [-0.39, 0.29) is 42.9 Å². The molecule has 2 aromatic heterocycles. The number of hydrogen-bond donors (Lipinski definition) is 1. The van der Waals surface area contributed by atoms with Crippen LogP contribution in [0.2, 0.25) is 0 Å². The third kappa shape index (κ3) is 4.64. The fraction of sp³-hybridized carbons (Fsp3) is 0.182. The molecule has 0 radical (unpaired) electrons. The number of fused-ring (bicyclic) bond motifs is 1. The number of hydrogen-bond acceptors (Lipinski definition) is 5. The van der Waals surface area contributed by atoms with Crippen molar-refractivity contribution in [3.8, 4) is 5.75 Å². The Labute approximate surface area is 181 Å². The number of aromatic nitrogens is 4. The van der Waals surface area contributed by atoms with Crippen LogP contribution in [0.25, 0.3) is 11.0 Å². The minimum absolute atomic E-state index is 0.00316. The van der Waals surface area contributed by atoms with Crippen molar-refractivity contribution in [1.29, 1.82) is 0 Å². The number of nitrogens with one attached hydrogen (secondary N) is 1. The van der Waals surface area contributed by atoms with Gasteiger partial charge in [0.25, 0.3) is 11.5 Å². The molecule has 0 unspecified atom stereocenters. The number of halogens is 2. The highest BCUT2D eigenvalue weighted by Gasteiger charge is 2.12. The van der Waals surface area contributed by atoms with Crippen molar-refractivity contribution < 1.29 is 18.3 Å². The first kappa shape index (κ1) is 21.2. The van der Waals surface area contributed by atoms with E-state index in [1.165, 1.54) is 46.0 Å². The molecule has 8 nitrogen and oxygen atoms in total. The lowest BCUT2D eigenvalue weighted by Gasteiger charge is -2.09. The monoisotopic (exact) mass is 439 g/mol. The minimum Gasteiger partial charge on any atom is -0.481 e. The van der Waals surface area contributed by atoms with Gasteiger partial charge in [0, 0.05) is 12.1 Å². The lowest BCUT2D eigenvalue weighted by molar-refractivity contribution is -0.123. The summed E-state index contributed by atoms with van der Waals surface area (Å²) < 4.78 is 35.3. The lowest BCUT2D eigenvalue weighted by atomic mass is 10.2. The van der Waals surface area contributed by atoms with E-state index >= 15 is 0 Å². The molecule has 10 heteroatoms. The van der Waals surface area contributed by atoms with E-state index in [0.29, 0.717) is 11.2 Å². The molecule has 2 heterocycles. The van der Waals surface area contributed by atoms with E-state index in [2.05, 4.69) is 15.4 Å². The maximum Gasteiger partial charge on any atom is 0.264 e. The van der Waals surface area contributed by atoms with Gasteiger partial charge in [0.05, 0.1) is 19.3 Å². The number of rotatable bonds is 8. The van der Waals surface area contributed by atoms with Crippen LogP contribution < -0.4 is 15.6 Å². The Balaban J connectivity index is 1.36. The Morgan fingerprint density at radius 1 is 1.06 bits per heavy atom. The Kier molecular flexibility index (Phi) is 6.20. The quantitative estimate of drug-likeness (QED) is 0.454. The molecule has 0 spiro atoms. The zero-order chi connectivity index (χ0) is 22.5. The number of benzene rings is 2. The first-order valence-electron chi connectivity index (χ1n) is 9.81. The van der Waals surface area contributed by atoms with Crippen LogP contribution >= 0.6 is 0 Å². The predicted molar refractivity (Wildman–Crippen MR) is 112 cm³/mol. The van der Waals surface area contributed by atoms with E-state index < -0.39 is 17.5 Å². The van der Waals surface area contributed by atoms with Crippen molar-refractivity contribution in [2.75, 3.05) is 13.2 Å². The van der Waals surface area contributed by atoms with Gasteiger partial charge in [-0.15, -0.1) is 0 Å². The molecule has 0 bridgehead atoms. The maximum absolute atomic E-state index is 13.9. The molecule has 4 aromatic rings. The number of para-hydroxylation sites is 1. The summed E-state index contributed by atoms with van der Waals surface area (Å²) in [7, 11) is 0. The fourth-order valence-corrected chi connectivity index (χ4v) is 3.14. The molecule has 0 saturated heterocycles.